The highest BCUT2D eigenvalue weighted by Crippen LogP contribution is 2.31. The number of amides is 1. The second-order valence-electron chi connectivity index (χ2n) is 4.12. The Morgan fingerprint density at radius 2 is 2.31 bits per heavy atom. The molecule has 0 aliphatic carbocycles. The molecule has 2 heterocycles. The van der Waals surface area contributed by atoms with E-state index in [9.17, 15) is 9.90 Å². The summed E-state index contributed by atoms with van der Waals surface area (Å²) in [5.74, 6) is 0.125. The van der Waals surface area contributed by atoms with Crippen LogP contribution in [0.1, 0.15) is 20.3 Å². The second kappa shape index (κ2) is 2.96. The van der Waals surface area contributed by atoms with Crippen molar-refractivity contribution >= 4 is 5.91 Å². The van der Waals surface area contributed by atoms with E-state index in [2.05, 4.69) is 0 Å². The predicted molar refractivity (Wildman–Crippen MR) is 45.8 cm³/mol. The zero-order chi connectivity index (χ0) is 9.59. The molecule has 0 radical (unpaired) electrons. The van der Waals surface area contributed by atoms with Crippen LogP contribution >= 0.6 is 0 Å². The van der Waals surface area contributed by atoms with Crippen molar-refractivity contribution in [2.24, 2.45) is 5.92 Å². The monoisotopic (exact) mass is 185 g/mol. The number of aliphatic hydroxyl groups excluding tert-OH is 1. The summed E-state index contributed by atoms with van der Waals surface area (Å²) < 4.78 is 5.49. The van der Waals surface area contributed by atoms with Crippen LogP contribution in [-0.2, 0) is 9.53 Å². The van der Waals surface area contributed by atoms with Gasteiger partial charge < -0.3 is 14.7 Å². The molecule has 0 unspecified atom stereocenters. The van der Waals surface area contributed by atoms with Gasteiger partial charge in [-0.05, 0) is 5.92 Å². The molecule has 0 saturated carbocycles. The molecule has 2 aliphatic rings. The highest BCUT2D eigenvalue weighted by atomic mass is 16.5. The van der Waals surface area contributed by atoms with Crippen LogP contribution in [0, 0.1) is 5.92 Å². The SMILES string of the molecule is CC(C)[C@H]1OC[C@@H]2C[C@H](O)C(=O)N21. The van der Waals surface area contributed by atoms with E-state index >= 15 is 0 Å². The summed E-state index contributed by atoms with van der Waals surface area (Å²) in [5.41, 5.74) is 0. The lowest BCUT2D eigenvalue weighted by Crippen LogP contribution is -2.40. The Morgan fingerprint density at radius 1 is 1.62 bits per heavy atom. The standard InChI is InChI=1S/C9H15NO3/c1-5(2)9-10-6(4-13-9)3-7(11)8(10)12/h5-7,9,11H,3-4H2,1-2H3/t6-,7-,9+/m0/s1. The molecule has 4 nitrogen and oxygen atoms in total. The molecular formula is C9H15NO3. The van der Waals surface area contributed by atoms with Crippen molar-refractivity contribution in [1.82, 2.24) is 4.90 Å². The highest BCUT2D eigenvalue weighted by molar-refractivity contribution is 5.83. The normalized spacial score (nSPS) is 38.9. The van der Waals surface area contributed by atoms with Crippen molar-refractivity contribution in [1.29, 1.82) is 0 Å². The van der Waals surface area contributed by atoms with Crippen LogP contribution in [0.25, 0.3) is 0 Å². The van der Waals surface area contributed by atoms with Gasteiger partial charge in [0.2, 0.25) is 0 Å². The number of rotatable bonds is 1. The van der Waals surface area contributed by atoms with Gasteiger partial charge in [0.1, 0.15) is 12.3 Å². The van der Waals surface area contributed by atoms with Gasteiger partial charge in [0.15, 0.2) is 0 Å². The largest absolute Gasteiger partial charge is 0.383 e. The fraction of sp³-hybridized carbons (Fsp3) is 0.889. The molecule has 2 fully saturated rings. The van der Waals surface area contributed by atoms with Gasteiger partial charge in [-0.1, -0.05) is 13.8 Å². The third-order valence-electron chi connectivity index (χ3n) is 2.73. The lowest BCUT2D eigenvalue weighted by Gasteiger charge is -2.25. The van der Waals surface area contributed by atoms with Crippen molar-refractivity contribution in [3.05, 3.63) is 0 Å². The maximum atomic E-state index is 11.5. The van der Waals surface area contributed by atoms with Crippen molar-refractivity contribution in [3.8, 4) is 0 Å². The van der Waals surface area contributed by atoms with E-state index in [0.717, 1.165) is 0 Å². The van der Waals surface area contributed by atoms with Gasteiger partial charge in [-0.15, -0.1) is 0 Å². The molecule has 0 bridgehead atoms. The van der Waals surface area contributed by atoms with Gasteiger partial charge in [-0.25, -0.2) is 0 Å². The van der Waals surface area contributed by atoms with Crippen LogP contribution < -0.4 is 0 Å². The fourth-order valence-corrected chi connectivity index (χ4v) is 2.11. The molecule has 3 atom stereocenters. The first-order valence-electron chi connectivity index (χ1n) is 4.73. The molecule has 2 rings (SSSR count). The number of fused-ring (bicyclic) bond motifs is 1. The first-order valence-corrected chi connectivity index (χ1v) is 4.73. The number of carbonyl (C=O) groups is 1. The Labute approximate surface area is 77.5 Å². The van der Waals surface area contributed by atoms with Crippen molar-refractivity contribution in [3.63, 3.8) is 0 Å². The molecule has 0 aromatic rings. The quantitative estimate of drug-likeness (QED) is 0.623. The average Bonchev–Trinajstić information content (AvgIpc) is 2.55. The predicted octanol–water partition coefficient (Wildman–Crippen LogP) is -0.0395. The lowest BCUT2D eigenvalue weighted by molar-refractivity contribution is -0.142. The minimum atomic E-state index is -0.796. The molecule has 1 N–H and O–H groups in total. The number of ether oxygens (including phenoxy) is 1. The summed E-state index contributed by atoms with van der Waals surface area (Å²) in [6, 6.07) is 0.106. The minimum Gasteiger partial charge on any atom is -0.383 e. The fourth-order valence-electron chi connectivity index (χ4n) is 2.11. The van der Waals surface area contributed by atoms with Gasteiger partial charge >= 0.3 is 0 Å². The molecule has 4 heteroatoms. The molecule has 74 valence electrons. The lowest BCUT2D eigenvalue weighted by atomic mass is 10.2. The van der Waals surface area contributed by atoms with E-state index in [1.807, 2.05) is 13.8 Å². The number of aliphatic hydroxyl groups is 1. The van der Waals surface area contributed by atoms with Crippen LogP contribution in [0.4, 0.5) is 0 Å². The van der Waals surface area contributed by atoms with Gasteiger partial charge in [-0.3, -0.25) is 4.79 Å². The number of hydrogen-bond acceptors (Lipinski definition) is 3. The molecule has 13 heavy (non-hydrogen) atoms. The van der Waals surface area contributed by atoms with Crippen LogP contribution in [0.5, 0.6) is 0 Å². The van der Waals surface area contributed by atoms with Crippen LogP contribution in [0.3, 0.4) is 0 Å². The number of carbonyl (C=O) groups excluding carboxylic acids is 1. The van der Waals surface area contributed by atoms with Gasteiger partial charge in [0.25, 0.3) is 5.91 Å². The Bertz CT molecular complexity index is 229. The van der Waals surface area contributed by atoms with Crippen LogP contribution in [0.15, 0.2) is 0 Å². The van der Waals surface area contributed by atoms with Crippen LogP contribution in [-0.4, -0.2) is 40.9 Å². The van der Waals surface area contributed by atoms with Crippen molar-refractivity contribution < 1.29 is 14.6 Å². The third-order valence-corrected chi connectivity index (χ3v) is 2.73. The smallest absolute Gasteiger partial charge is 0.253 e. The zero-order valence-electron chi connectivity index (χ0n) is 7.93. The van der Waals surface area contributed by atoms with Gasteiger partial charge in [0, 0.05) is 6.42 Å². The molecular weight excluding hydrogens is 170 g/mol. The molecule has 2 saturated heterocycles. The topological polar surface area (TPSA) is 49.8 Å². The van der Waals surface area contributed by atoms with E-state index in [4.69, 9.17) is 4.74 Å². The number of hydrogen-bond donors (Lipinski definition) is 1. The van der Waals surface area contributed by atoms with Crippen molar-refractivity contribution in [2.45, 2.75) is 38.6 Å². The Morgan fingerprint density at radius 3 is 2.92 bits per heavy atom. The average molecular weight is 185 g/mol. The minimum absolute atomic E-state index is 0.106. The second-order valence-corrected chi connectivity index (χ2v) is 4.12. The van der Waals surface area contributed by atoms with Gasteiger partial charge in [0.05, 0.1) is 12.6 Å². The summed E-state index contributed by atoms with van der Waals surface area (Å²) in [4.78, 5) is 13.2. The van der Waals surface area contributed by atoms with Crippen molar-refractivity contribution in [2.75, 3.05) is 6.61 Å². The van der Waals surface area contributed by atoms with E-state index in [1.54, 1.807) is 4.90 Å². The van der Waals surface area contributed by atoms with E-state index < -0.39 is 6.10 Å². The molecule has 0 aromatic heterocycles. The molecule has 0 aromatic carbocycles. The van der Waals surface area contributed by atoms with E-state index in [1.165, 1.54) is 0 Å². The summed E-state index contributed by atoms with van der Waals surface area (Å²) in [7, 11) is 0. The summed E-state index contributed by atoms with van der Waals surface area (Å²) >= 11 is 0. The van der Waals surface area contributed by atoms with E-state index in [0.29, 0.717) is 18.9 Å². The molecule has 1 amide bonds. The maximum absolute atomic E-state index is 11.5. The summed E-state index contributed by atoms with van der Waals surface area (Å²) in [6.07, 6.45) is -0.396. The summed E-state index contributed by atoms with van der Waals surface area (Å²) in [6.45, 7) is 4.61. The summed E-state index contributed by atoms with van der Waals surface area (Å²) in [5, 5.41) is 9.36. The van der Waals surface area contributed by atoms with E-state index in [-0.39, 0.29) is 18.2 Å². The first-order chi connectivity index (χ1) is 6.11. The highest BCUT2D eigenvalue weighted by Gasteiger charge is 2.47. The third kappa shape index (κ3) is 1.25. The first kappa shape index (κ1) is 8.97. The zero-order valence-corrected chi connectivity index (χ0v) is 7.93. The Balaban J connectivity index is 2.16. The molecule has 2 aliphatic heterocycles. The molecule has 0 spiro atoms. The number of nitrogens with zero attached hydrogens (tertiary/aromatic N) is 1. The Kier molecular flexibility index (Phi) is 2.04. The maximum Gasteiger partial charge on any atom is 0.253 e. The van der Waals surface area contributed by atoms with Crippen LogP contribution in [0.2, 0.25) is 0 Å². The van der Waals surface area contributed by atoms with Gasteiger partial charge in [-0.2, -0.15) is 0 Å². The Hall–Kier alpha value is -0.610.